The average molecular weight is 398 g/mol. The van der Waals surface area contributed by atoms with Crippen LogP contribution in [0.5, 0.6) is 5.75 Å². The fourth-order valence-electron chi connectivity index (χ4n) is 1.54. The number of hydrogen-bond donors (Lipinski definition) is 1. The SMILES string of the molecule is CCCOc1ccc(C(=O)N/N=C\c2ccc(I)o2)cc1. The van der Waals surface area contributed by atoms with Crippen molar-refractivity contribution in [3.63, 3.8) is 0 Å². The van der Waals surface area contributed by atoms with Crippen LogP contribution in [0, 0.1) is 3.77 Å². The van der Waals surface area contributed by atoms with Gasteiger partial charge in [0.15, 0.2) is 3.77 Å². The van der Waals surface area contributed by atoms with Crippen LogP contribution < -0.4 is 10.2 Å². The normalized spacial score (nSPS) is 10.8. The fourth-order valence-corrected chi connectivity index (χ4v) is 1.97. The second-order valence-corrected chi connectivity index (χ2v) is 5.28. The molecule has 21 heavy (non-hydrogen) atoms. The average Bonchev–Trinajstić information content (AvgIpc) is 2.91. The molecule has 2 aromatic rings. The lowest BCUT2D eigenvalue weighted by molar-refractivity contribution is 0.0955. The van der Waals surface area contributed by atoms with Gasteiger partial charge in [-0.15, -0.1) is 0 Å². The largest absolute Gasteiger partial charge is 0.494 e. The Morgan fingerprint density at radius 1 is 1.33 bits per heavy atom. The van der Waals surface area contributed by atoms with E-state index in [4.69, 9.17) is 9.15 Å². The van der Waals surface area contributed by atoms with Gasteiger partial charge in [-0.2, -0.15) is 5.10 Å². The summed E-state index contributed by atoms with van der Waals surface area (Å²) < 4.78 is 11.5. The molecule has 0 fully saturated rings. The van der Waals surface area contributed by atoms with Crippen molar-refractivity contribution in [2.45, 2.75) is 13.3 Å². The van der Waals surface area contributed by atoms with Crippen molar-refractivity contribution in [3.05, 3.63) is 51.5 Å². The van der Waals surface area contributed by atoms with Crippen molar-refractivity contribution < 1.29 is 13.9 Å². The van der Waals surface area contributed by atoms with Gasteiger partial charge in [0.2, 0.25) is 0 Å². The number of nitrogens with one attached hydrogen (secondary N) is 1. The highest BCUT2D eigenvalue weighted by atomic mass is 127. The maximum Gasteiger partial charge on any atom is 0.271 e. The highest BCUT2D eigenvalue weighted by molar-refractivity contribution is 14.1. The van der Waals surface area contributed by atoms with Crippen LogP contribution in [0.3, 0.4) is 0 Å². The number of carbonyl (C=O) groups excluding carboxylic acids is 1. The molecule has 0 atom stereocenters. The molecule has 0 spiro atoms. The number of rotatable bonds is 6. The summed E-state index contributed by atoms with van der Waals surface area (Å²) in [5, 5.41) is 3.85. The Balaban J connectivity index is 1.89. The van der Waals surface area contributed by atoms with Gasteiger partial charge in [-0.05, 0) is 65.4 Å². The van der Waals surface area contributed by atoms with Crippen molar-refractivity contribution in [2.24, 2.45) is 5.10 Å². The summed E-state index contributed by atoms with van der Waals surface area (Å²) in [7, 11) is 0. The third kappa shape index (κ3) is 4.89. The number of amides is 1. The van der Waals surface area contributed by atoms with Gasteiger partial charge >= 0.3 is 0 Å². The molecule has 0 unspecified atom stereocenters. The van der Waals surface area contributed by atoms with Crippen LogP contribution in [0.15, 0.2) is 45.9 Å². The summed E-state index contributed by atoms with van der Waals surface area (Å²) in [6.45, 7) is 2.71. The monoisotopic (exact) mass is 398 g/mol. The van der Waals surface area contributed by atoms with Crippen molar-refractivity contribution in [3.8, 4) is 5.75 Å². The lowest BCUT2D eigenvalue weighted by atomic mass is 10.2. The molecule has 2 rings (SSSR count). The predicted molar refractivity (Wildman–Crippen MR) is 88.7 cm³/mol. The molecule has 1 aromatic carbocycles. The molecule has 0 aliphatic heterocycles. The van der Waals surface area contributed by atoms with Crippen molar-refractivity contribution in [1.29, 1.82) is 0 Å². The molecule has 1 heterocycles. The first-order valence-electron chi connectivity index (χ1n) is 6.50. The first kappa shape index (κ1) is 15.6. The van der Waals surface area contributed by atoms with E-state index in [9.17, 15) is 4.79 Å². The van der Waals surface area contributed by atoms with E-state index >= 15 is 0 Å². The molecule has 0 bridgehead atoms. The van der Waals surface area contributed by atoms with Crippen LogP contribution in [0.2, 0.25) is 0 Å². The molecule has 1 aromatic heterocycles. The van der Waals surface area contributed by atoms with E-state index in [1.807, 2.05) is 13.0 Å². The number of benzene rings is 1. The Morgan fingerprint density at radius 3 is 2.71 bits per heavy atom. The molecule has 0 saturated carbocycles. The summed E-state index contributed by atoms with van der Waals surface area (Å²) in [4.78, 5) is 11.9. The van der Waals surface area contributed by atoms with E-state index in [1.54, 1.807) is 30.3 Å². The van der Waals surface area contributed by atoms with Crippen LogP contribution >= 0.6 is 22.6 Å². The van der Waals surface area contributed by atoms with Gasteiger partial charge in [-0.25, -0.2) is 5.43 Å². The van der Waals surface area contributed by atoms with Gasteiger partial charge in [0.05, 0.1) is 12.8 Å². The zero-order valence-corrected chi connectivity index (χ0v) is 13.7. The van der Waals surface area contributed by atoms with Gasteiger partial charge in [-0.1, -0.05) is 6.92 Å². The third-order valence-corrected chi connectivity index (χ3v) is 3.12. The summed E-state index contributed by atoms with van der Waals surface area (Å²) >= 11 is 2.06. The van der Waals surface area contributed by atoms with Crippen LogP contribution in [-0.2, 0) is 0 Å². The molecule has 0 radical (unpaired) electrons. The minimum atomic E-state index is -0.283. The highest BCUT2D eigenvalue weighted by Crippen LogP contribution is 2.12. The number of hydrogen-bond acceptors (Lipinski definition) is 4. The number of halogens is 1. The Labute approximate surface area is 136 Å². The lowest BCUT2D eigenvalue weighted by Crippen LogP contribution is -2.17. The Hall–Kier alpha value is -1.83. The van der Waals surface area contributed by atoms with Crippen molar-refractivity contribution >= 4 is 34.7 Å². The fraction of sp³-hybridized carbons (Fsp3) is 0.200. The van der Waals surface area contributed by atoms with Crippen LogP contribution in [0.1, 0.15) is 29.5 Å². The number of carbonyl (C=O) groups is 1. The molecule has 0 aliphatic carbocycles. The molecular weight excluding hydrogens is 383 g/mol. The standard InChI is InChI=1S/C15H15IN2O3/c1-2-9-20-12-5-3-11(4-6-12)15(19)18-17-10-13-7-8-14(16)21-13/h3-8,10H,2,9H2,1H3,(H,18,19)/b17-10-. The first-order valence-corrected chi connectivity index (χ1v) is 7.58. The number of hydrazone groups is 1. The number of nitrogens with zero attached hydrogens (tertiary/aromatic N) is 1. The number of furan rings is 1. The molecule has 1 amide bonds. The molecule has 110 valence electrons. The van der Waals surface area contributed by atoms with E-state index in [1.165, 1.54) is 6.21 Å². The second kappa shape index (κ2) is 7.82. The molecular formula is C15H15IN2O3. The van der Waals surface area contributed by atoms with E-state index in [-0.39, 0.29) is 5.91 Å². The summed E-state index contributed by atoms with van der Waals surface area (Å²) in [5.74, 6) is 1.06. The third-order valence-electron chi connectivity index (χ3n) is 2.54. The molecule has 6 heteroatoms. The molecule has 0 aliphatic rings. The smallest absolute Gasteiger partial charge is 0.271 e. The maximum absolute atomic E-state index is 11.9. The topological polar surface area (TPSA) is 63.8 Å². The zero-order valence-electron chi connectivity index (χ0n) is 11.5. The molecule has 1 N–H and O–H groups in total. The number of ether oxygens (including phenoxy) is 1. The van der Waals surface area contributed by atoms with Gasteiger partial charge in [0, 0.05) is 5.56 Å². The molecule has 0 saturated heterocycles. The summed E-state index contributed by atoms with van der Waals surface area (Å²) in [5.41, 5.74) is 2.97. The predicted octanol–water partition coefficient (Wildman–Crippen LogP) is 3.44. The van der Waals surface area contributed by atoms with Crippen LogP contribution in [0.25, 0.3) is 0 Å². The van der Waals surface area contributed by atoms with Gasteiger partial charge in [-0.3, -0.25) is 4.79 Å². The van der Waals surface area contributed by atoms with Crippen LogP contribution in [-0.4, -0.2) is 18.7 Å². The first-order chi connectivity index (χ1) is 10.2. The van der Waals surface area contributed by atoms with Gasteiger partial charge < -0.3 is 9.15 Å². The highest BCUT2D eigenvalue weighted by Gasteiger charge is 2.04. The minimum Gasteiger partial charge on any atom is -0.494 e. The quantitative estimate of drug-likeness (QED) is 0.461. The van der Waals surface area contributed by atoms with Crippen molar-refractivity contribution in [1.82, 2.24) is 5.43 Å². The van der Waals surface area contributed by atoms with Crippen molar-refractivity contribution in [2.75, 3.05) is 6.61 Å². The summed E-state index contributed by atoms with van der Waals surface area (Å²) in [6, 6.07) is 10.5. The van der Waals surface area contributed by atoms with Crippen LogP contribution in [0.4, 0.5) is 0 Å². The molecule has 5 nitrogen and oxygen atoms in total. The Morgan fingerprint density at radius 2 is 2.10 bits per heavy atom. The van der Waals surface area contributed by atoms with E-state index in [2.05, 4.69) is 33.1 Å². The second-order valence-electron chi connectivity index (χ2n) is 4.21. The van der Waals surface area contributed by atoms with Gasteiger partial charge in [0.25, 0.3) is 5.91 Å². The summed E-state index contributed by atoms with van der Waals surface area (Å²) in [6.07, 6.45) is 2.40. The lowest BCUT2D eigenvalue weighted by Gasteiger charge is -2.05. The Bertz CT molecular complexity index is 620. The van der Waals surface area contributed by atoms with E-state index < -0.39 is 0 Å². The van der Waals surface area contributed by atoms with Gasteiger partial charge in [0.1, 0.15) is 11.5 Å². The maximum atomic E-state index is 11.9. The van der Waals surface area contributed by atoms with E-state index in [0.29, 0.717) is 17.9 Å². The zero-order chi connectivity index (χ0) is 15.1. The van der Waals surface area contributed by atoms with E-state index in [0.717, 1.165) is 15.9 Å². The minimum absolute atomic E-state index is 0.283. The Kier molecular flexibility index (Phi) is 5.79.